The number of aromatic nitrogens is 1. The van der Waals surface area contributed by atoms with E-state index in [0.717, 1.165) is 0 Å². The largest absolute Gasteiger partial charge is 0.505 e. The lowest BCUT2D eigenvalue weighted by Gasteiger charge is -2.09. The third-order valence-corrected chi connectivity index (χ3v) is 5.49. The molecule has 2 aromatic carbocycles. The highest BCUT2D eigenvalue weighted by Gasteiger charge is 2.38. The average molecular weight is 308 g/mol. The van der Waals surface area contributed by atoms with E-state index >= 15 is 0 Å². The molecule has 5 rings (SSSR count). The first kappa shape index (κ1) is 11.9. The van der Waals surface area contributed by atoms with Crippen LogP contribution in [0.2, 0.25) is 0 Å². The van der Waals surface area contributed by atoms with E-state index in [2.05, 4.69) is 4.99 Å². The molecule has 1 atom stereocenters. The summed E-state index contributed by atoms with van der Waals surface area (Å²) in [5, 5.41) is 11.0. The number of para-hydroxylation sites is 1. The van der Waals surface area contributed by atoms with Gasteiger partial charge in [-0.3, -0.25) is 4.79 Å². The van der Waals surface area contributed by atoms with Crippen molar-refractivity contribution in [2.75, 3.05) is 0 Å². The van der Waals surface area contributed by atoms with Crippen molar-refractivity contribution in [2.24, 2.45) is 4.99 Å². The fourth-order valence-electron chi connectivity index (χ4n) is 3.11. The Hall–Kier alpha value is -2.73. The number of Topliss-reactive ketones (excluding diaryl/α,β-unsaturated/α-hetero) is 1. The second kappa shape index (κ2) is 3.72. The lowest BCUT2D eigenvalue weighted by atomic mass is 10.1. The number of hydrogen-bond acceptors (Lipinski definition) is 4. The van der Waals surface area contributed by atoms with Gasteiger partial charge in [0.25, 0.3) is 0 Å². The van der Waals surface area contributed by atoms with Gasteiger partial charge in [-0.1, -0.05) is 18.2 Å². The number of carbonyl (C=O) groups excluding carboxylic acids is 1. The molecule has 6 heteroatoms. The Morgan fingerprint density at radius 1 is 1.09 bits per heavy atom. The van der Waals surface area contributed by atoms with Gasteiger partial charge in [0.2, 0.25) is 5.78 Å². The van der Waals surface area contributed by atoms with Crippen molar-refractivity contribution < 1.29 is 14.1 Å². The Labute approximate surface area is 127 Å². The Bertz CT molecular complexity index is 1080. The van der Waals surface area contributed by atoms with Crippen LogP contribution in [0.3, 0.4) is 0 Å². The van der Waals surface area contributed by atoms with E-state index in [1.54, 1.807) is 42.5 Å². The Kier molecular flexibility index (Phi) is 2.01. The van der Waals surface area contributed by atoms with Crippen LogP contribution in [-0.2, 0) is 11.0 Å². The molecule has 2 aliphatic heterocycles. The third-order valence-electron chi connectivity index (χ3n) is 4.06. The molecule has 3 heterocycles. The van der Waals surface area contributed by atoms with Gasteiger partial charge in [-0.15, -0.1) is 0 Å². The SMILES string of the molecule is O=C1C(c2c(O)c3c4cccc3n2S4=O)=Nc2ccccc21. The monoisotopic (exact) mass is 308 g/mol. The molecule has 0 radical (unpaired) electrons. The molecule has 0 fully saturated rings. The summed E-state index contributed by atoms with van der Waals surface area (Å²) in [6.07, 6.45) is 0. The maximum Gasteiger partial charge on any atom is 0.215 e. The van der Waals surface area contributed by atoms with Crippen LogP contribution in [0.5, 0.6) is 5.75 Å². The number of hydrogen-bond donors (Lipinski definition) is 1. The highest BCUT2D eigenvalue weighted by molar-refractivity contribution is 7.84. The minimum absolute atomic E-state index is 0.0230. The van der Waals surface area contributed by atoms with E-state index in [9.17, 15) is 14.1 Å². The molecule has 1 aromatic heterocycles. The fraction of sp³-hybridized carbons (Fsp3) is 0. The highest BCUT2D eigenvalue weighted by Crippen LogP contribution is 2.45. The van der Waals surface area contributed by atoms with Crippen molar-refractivity contribution in [2.45, 2.75) is 4.90 Å². The minimum Gasteiger partial charge on any atom is -0.505 e. The molecular weight excluding hydrogens is 300 g/mol. The number of fused-ring (bicyclic) bond motifs is 1. The summed E-state index contributed by atoms with van der Waals surface area (Å²) in [7, 11) is -1.44. The van der Waals surface area contributed by atoms with Gasteiger partial charge in [0, 0.05) is 5.56 Å². The summed E-state index contributed by atoms with van der Waals surface area (Å²) in [6, 6.07) is 12.3. The second-order valence-electron chi connectivity index (χ2n) is 5.20. The maximum absolute atomic E-state index is 12.6. The molecule has 1 N–H and O–H groups in total. The van der Waals surface area contributed by atoms with E-state index in [1.807, 2.05) is 0 Å². The number of aliphatic imine (C=N–C) groups is 1. The van der Waals surface area contributed by atoms with Crippen molar-refractivity contribution in [1.29, 1.82) is 0 Å². The molecule has 2 aliphatic rings. The predicted octanol–water partition coefficient (Wildman–Crippen LogP) is 2.55. The fourth-order valence-corrected chi connectivity index (χ4v) is 4.55. The van der Waals surface area contributed by atoms with Gasteiger partial charge < -0.3 is 5.11 Å². The van der Waals surface area contributed by atoms with Gasteiger partial charge >= 0.3 is 0 Å². The van der Waals surface area contributed by atoms with Gasteiger partial charge in [0.05, 0.1) is 21.5 Å². The standard InChI is InChI=1S/C16H8N2O3S/c19-15-8-4-1-2-5-9(8)17-13(15)14-16(20)12-10-6-3-7-11(12)22(21)18(10)14/h1-7,20H. The zero-order chi connectivity index (χ0) is 15.0. The van der Waals surface area contributed by atoms with E-state index in [-0.39, 0.29) is 22.9 Å². The first-order valence-electron chi connectivity index (χ1n) is 6.70. The van der Waals surface area contributed by atoms with Gasteiger partial charge in [0.1, 0.15) is 11.4 Å². The smallest absolute Gasteiger partial charge is 0.215 e. The summed E-state index contributed by atoms with van der Waals surface area (Å²) < 4.78 is 14.0. The molecule has 0 spiro atoms. The summed E-state index contributed by atoms with van der Waals surface area (Å²) in [5.41, 5.74) is 2.13. The normalized spacial score (nSPS) is 18.3. The van der Waals surface area contributed by atoms with Crippen molar-refractivity contribution in [1.82, 2.24) is 3.97 Å². The van der Waals surface area contributed by atoms with Gasteiger partial charge in [-0.05, 0) is 24.3 Å². The van der Waals surface area contributed by atoms with Crippen molar-refractivity contribution in [3.63, 3.8) is 0 Å². The zero-order valence-corrected chi connectivity index (χ0v) is 11.9. The van der Waals surface area contributed by atoms with Crippen molar-refractivity contribution in [3.8, 4) is 5.75 Å². The molecule has 0 amide bonds. The molecule has 4 bridgehead atoms. The number of rotatable bonds is 1. The van der Waals surface area contributed by atoms with E-state index in [0.29, 0.717) is 27.0 Å². The lowest BCUT2D eigenvalue weighted by Crippen LogP contribution is -2.18. The molecule has 22 heavy (non-hydrogen) atoms. The Morgan fingerprint density at radius 2 is 1.91 bits per heavy atom. The van der Waals surface area contributed by atoms with Crippen molar-refractivity contribution in [3.05, 3.63) is 53.7 Å². The van der Waals surface area contributed by atoms with Gasteiger partial charge in [0.15, 0.2) is 16.7 Å². The van der Waals surface area contributed by atoms with Crippen molar-refractivity contribution >= 4 is 39.1 Å². The lowest BCUT2D eigenvalue weighted by molar-refractivity contribution is 0.106. The predicted molar refractivity (Wildman–Crippen MR) is 82.4 cm³/mol. The van der Waals surface area contributed by atoms with Gasteiger partial charge in [-0.25, -0.2) is 13.2 Å². The van der Waals surface area contributed by atoms with Crippen LogP contribution in [0.25, 0.3) is 10.9 Å². The molecule has 0 saturated carbocycles. The molecule has 106 valence electrons. The first-order valence-corrected chi connectivity index (χ1v) is 7.80. The molecule has 0 saturated heterocycles. The average Bonchev–Trinajstić information content (AvgIpc) is 3.07. The van der Waals surface area contributed by atoms with Crippen LogP contribution in [0.4, 0.5) is 5.69 Å². The quantitative estimate of drug-likeness (QED) is 0.587. The number of nitrogens with zero attached hydrogens (tertiary/aromatic N) is 2. The topological polar surface area (TPSA) is 71.7 Å². The summed E-state index contributed by atoms with van der Waals surface area (Å²) in [5.74, 6) is -0.277. The zero-order valence-electron chi connectivity index (χ0n) is 11.1. The number of carbonyl (C=O) groups is 1. The Morgan fingerprint density at radius 3 is 2.68 bits per heavy atom. The number of benzene rings is 2. The summed E-state index contributed by atoms with van der Waals surface area (Å²) in [6.45, 7) is 0. The van der Waals surface area contributed by atoms with Crippen LogP contribution in [0.1, 0.15) is 16.1 Å². The van der Waals surface area contributed by atoms with E-state index in [1.165, 1.54) is 3.97 Å². The minimum atomic E-state index is -1.44. The Balaban J connectivity index is 1.84. The summed E-state index contributed by atoms with van der Waals surface area (Å²) in [4.78, 5) is 17.5. The number of aromatic hydroxyl groups is 1. The second-order valence-corrected chi connectivity index (χ2v) is 6.50. The van der Waals surface area contributed by atoms with Crippen LogP contribution in [-0.4, -0.2) is 24.8 Å². The van der Waals surface area contributed by atoms with E-state index < -0.39 is 11.0 Å². The highest BCUT2D eigenvalue weighted by atomic mass is 32.2. The summed E-state index contributed by atoms with van der Waals surface area (Å²) >= 11 is 0. The van der Waals surface area contributed by atoms with E-state index in [4.69, 9.17) is 0 Å². The van der Waals surface area contributed by atoms with Crippen LogP contribution >= 0.6 is 0 Å². The molecule has 5 nitrogen and oxygen atoms in total. The maximum atomic E-state index is 12.6. The first-order chi connectivity index (χ1) is 10.7. The molecule has 0 aliphatic carbocycles. The van der Waals surface area contributed by atoms with Crippen LogP contribution < -0.4 is 0 Å². The van der Waals surface area contributed by atoms with Crippen LogP contribution in [0, 0.1) is 0 Å². The third kappa shape index (κ3) is 1.18. The molecule has 1 unspecified atom stereocenters. The molecular formula is C16H8N2O3S. The number of ketones is 1. The van der Waals surface area contributed by atoms with Crippen LogP contribution in [0.15, 0.2) is 52.4 Å². The van der Waals surface area contributed by atoms with Gasteiger partial charge in [-0.2, -0.15) is 0 Å². The molecule has 3 aromatic rings.